The Morgan fingerprint density at radius 2 is 1.91 bits per heavy atom. The Kier molecular flexibility index (Phi) is 6.06. The van der Waals surface area contributed by atoms with Gasteiger partial charge < -0.3 is 20.1 Å². The first-order valence-corrected chi connectivity index (χ1v) is 8.04. The van der Waals surface area contributed by atoms with E-state index in [0.29, 0.717) is 10.7 Å². The van der Waals surface area contributed by atoms with Gasteiger partial charge in [-0.05, 0) is 31.4 Å². The fourth-order valence-electron chi connectivity index (χ4n) is 2.74. The van der Waals surface area contributed by atoms with Crippen LogP contribution in [0.2, 0.25) is 10.0 Å². The molecule has 1 aliphatic rings. The van der Waals surface area contributed by atoms with Crippen LogP contribution in [0.15, 0.2) is 18.2 Å². The van der Waals surface area contributed by atoms with Crippen molar-refractivity contribution in [3.63, 3.8) is 0 Å². The zero-order chi connectivity index (χ0) is 16.1. The van der Waals surface area contributed by atoms with Gasteiger partial charge in [-0.2, -0.15) is 0 Å². The monoisotopic (exact) mass is 344 g/mol. The minimum atomic E-state index is -1.19. The molecule has 0 radical (unpaired) electrons. The summed E-state index contributed by atoms with van der Waals surface area (Å²) in [5.74, 6) is -1.60. The van der Waals surface area contributed by atoms with Crippen LogP contribution in [0.1, 0.15) is 25.7 Å². The van der Waals surface area contributed by atoms with Gasteiger partial charge in [-0.3, -0.25) is 4.79 Å². The maximum atomic E-state index is 12.1. The van der Waals surface area contributed by atoms with E-state index in [1.165, 1.54) is 0 Å². The predicted octanol–water partition coefficient (Wildman–Crippen LogP) is 0.509. The van der Waals surface area contributed by atoms with Crippen LogP contribution >= 0.6 is 23.2 Å². The van der Waals surface area contributed by atoms with Crippen LogP contribution in [-0.2, 0) is 9.59 Å². The second-order valence-electron chi connectivity index (χ2n) is 5.44. The van der Waals surface area contributed by atoms with Crippen LogP contribution in [0.4, 0.5) is 5.69 Å². The van der Waals surface area contributed by atoms with Crippen molar-refractivity contribution in [3.8, 4) is 0 Å². The van der Waals surface area contributed by atoms with E-state index in [4.69, 9.17) is 23.2 Å². The fourth-order valence-corrected chi connectivity index (χ4v) is 3.08. The molecule has 1 aromatic rings. The van der Waals surface area contributed by atoms with E-state index in [1.54, 1.807) is 18.2 Å². The molecule has 2 rings (SSSR count). The molecule has 0 saturated carbocycles. The molecule has 2 N–H and O–H groups in total. The van der Waals surface area contributed by atoms with Crippen LogP contribution in [0.3, 0.4) is 0 Å². The van der Waals surface area contributed by atoms with Crippen molar-refractivity contribution < 1.29 is 19.6 Å². The highest BCUT2D eigenvalue weighted by Crippen LogP contribution is 2.29. The first-order chi connectivity index (χ1) is 10.5. The molecule has 5 nitrogen and oxygen atoms in total. The second-order valence-corrected chi connectivity index (χ2v) is 6.23. The lowest BCUT2D eigenvalue weighted by Crippen LogP contribution is -3.18. The van der Waals surface area contributed by atoms with E-state index >= 15 is 0 Å². The van der Waals surface area contributed by atoms with E-state index in [2.05, 4.69) is 5.32 Å². The van der Waals surface area contributed by atoms with Crippen LogP contribution < -0.4 is 15.3 Å². The minimum absolute atomic E-state index is 0.138. The Hall–Kier alpha value is -1.30. The summed E-state index contributed by atoms with van der Waals surface area (Å²) in [6.07, 6.45) is 2.91. The van der Waals surface area contributed by atoms with Gasteiger partial charge >= 0.3 is 0 Å². The Morgan fingerprint density at radius 1 is 1.23 bits per heavy atom. The average molecular weight is 345 g/mol. The third-order valence-corrected chi connectivity index (χ3v) is 4.71. The van der Waals surface area contributed by atoms with Crippen LogP contribution in [0, 0.1) is 0 Å². The van der Waals surface area contributed by atoms with Gasteiger partial charge in [-0.15, -0.1) is 0 Å². The van der Waals surface area contributed by atoms with Crippen molar-refractivity contribution in [2.45, 2.75) is 31.7 Å². The number of carboxylic acid groups (broad SMARTS) is 1. The van der Waals surface area contributed by atoms with Gasteiger partial charge in [0.15, 0.2) is 0 Å². The van der Waals surface area contributed by atoms with E-state index < -0.39 is 17.9 Å². The summed E-state index contributed by atoms with van der Waals surface area (Å²) in [6.45, 7) is 1.51. The van der Waals surface area contributed by atoms with Gasteiger partial charge in [-0.1, -0.05) is 29.3 Å². The van der Waals surface area contributed by atoms with Crippen molar-refractivity contribution >= 4 is 40.8 Å². The number of amides is 1. The summed E-state index contributed by atoms with van der Waals surface area (Å²) in [4.78, 5) is 24.4. The molecule has 0 spiro atoms. The molecule has 0 aromatic heterocycles. The predicted molar refractivity (Wildman–Crippen MR) is 83.1 cm³/mol. The van der Waals surface area contributed by atoms with E-state index in [0.717, 1.165) is 37.3 Å². The number of benzene rings is 1. The largest absolute Gasteiger partial charge is 0.544 e. The van der Waals surface area contributed by atoms with Crippen molar-refractivity contribution in [2.75, 3.05) is 18.4 Å². The average Bonchev–Trinajstić information content (AvgIpc) is 2.50. The topological polar surface area (TPSA) is 73.7 Å². The Bertz CT molecular complexity index is 560. The second kappa shape index (κ2) is 7.81. The lowest BCUT2D eigenvalue weighted by molar-refractivity contribution is -0.922. The maximum absolute atomic E-state index is 12.1. The number of piperidine rings is 1. The number of rotatable bonds is 5. The third-order valence-electron chi connectivity index (χ3n) is 3.89. The molecular formula is C15H18Cl2N2O3. The molecule has 22 heavy (non-hydrogen) atoms. The molecule has 1 atom stereocenters. The Labute approximate surface area is 139 Å². The summed E-state index contributed by atoms with van der Waals surface area (Å²) in [7, 11) is 0. The summed E-state index contributed by atoms with van der Waals surface area (Å²) in [6, 6.07) is 4.06. The smallest absolute Gasteiger partial charge is 0.230 e. The molecule has 0 aliphatic carbocycles. The van der Waals surface area contributed by atoms with Crippen molar-refractivity contribution in [1.29, 1.82) is 0 Å². The van der Waals surface area contributed by atoms with Gasteiger partial charge in [-0.25, -0.2) is 0 Å². The number of hydrogen-bond donors (Lipinski definition) is 2. The van der Waals surface area contributed by atoms with E-state index in [9.17, 15) is 14.7 Å². The van der Waals surface area contributed by atoms with Crippen molar-refractivity contribution in [3.05, 3.63) is 28.2 Å². The maximum Gasteiger partial charge on any atom is 0.230 e. The molecule has 1 fully saturated rings. The third kappa shape index (κ3) is 4.35. The minimum Gasteiger partial charge on any atom is -0.544 e. The highest BCUT2D eigenvalue weighted by molar-refractivity contribution is 6.43. The zero-order valence-electron chi connectivity index (χ0n) is 12.0. The van der Waals surface area contributed by atoms with Gasteiger partial charge in [0.25, 0.3) is 0 Å². The summed E-state index contributed by atoms with van der Waals surface area (Å²) in [5, 5.41) is 14.5. The SMILES string of the molecule is O=C(C[C@H](C(=O)[O-])[NH+]1CCCCC1)Nc1cccc(Cl)c1Cl. The van der Waals surface area contributed by atoms with Gasteiger partial charge in [0.2, 0.25) is 5.91 Å². The number of carbonyl (C=O) groups excluding carboxylic acids is 2. The number of halogens is 2. The molecule has 1 saturated heterocycles. The number of aliphatic carboxylic acids is 1. The number of likely N-dealkylation sites (tertiary alicyclic amines) is 1. The first kappa shape index (κ1) is 17.1. The molecule has 1 amide bonds. The number of nitrogens with one attached hydrogen (secondary N) is 2. The van der Waals surface area contributed by atoms with Crippen molar-refractivity contribution in [2.24, 2.45) is 0 Å². The highest BCUT2D eigenvalue weighted by Gasteiger charge is 2.28. The lowest BCUT2D eigenvalue weighted by atomic mass is 10.1. The normalized spacial score (nSPS) is 17.0. The fraction of sp³-hybridized carbons (Fsp3) is 0.467. The molecule has 7 heteroatoms. The first-order valence-electron chi connectivity index (χ1n) is 7.28. The van der Waals surface area contributed by atoms with Gasteiger partial charge in [0.05, 0.1) is 41.2 Å². The molecule has 0 bridgehead atoms. The summed E-state index contributed by atoms with van der Waals surface area (Å²) >= 11 is 11.9. The van der Waals surface area contributed by atoms with E-state index in [-0.39, 0.29) is 11.4 Å². The number of carboxylic acids is 1. The lowest BCUT2D eigenvalue weighted by Gasteiger charge is -2.31. The molecule has 1 aromatic carbocycles. The Balaban J connectivity index is 2.02. The highest BCUT2D eigenvalue weighted by atomic mass is 35.5. The van der Waals surface area contributed by atoms with Crippen molar-refractivity contribution in [1.82, 2.24) is 0 Å². The van der Waals surface area contributed by atoms with E-state index in [1.807, 2.05) is 0 Å². The van der Waals surface area contributed by atoms with Crippen LogP contribution in [0.5, 0.6) is 0 Å². The molecule has 1 heterocycles. The zero-order valence-corrected chi connectivity index (χ0v) is 13.5. The summed E-state index contributed by atoms with van der Waals surface area (Å²) < 4.78 is 0. The Morgan fingerprint density at radius 3 is 2.55 bits per heavy atom. The van der Waals surface area contributed by atoms with Gasteiger partial charge in [0.1, 0.15) is 6.04 Å². The molecule has 120 valence electrons. The quantitative estimate of drug-likeness (QED) is 0.817. The number of hydrogen-bond acceptors (Lipinski definition) is 3. The summed E-state index contributed by atoms with van der Waals surface area (Å²) in [5.41, 5.74) is 0.380. The molecule has 0 unspecified atom stereocenters. The molecule has 1 aliphatic heterocycles. The van der Waals surface area contributed by atoms with Crippen LogP contribution in [0.25, 0.3) is 0 Å². The number of anilines is 1. The standard InChI is InChI=1S/C15H18Cl2N2O3/c16-10-5-4-6-11(14(10)17)18-13(20)9-12(15(21)22)19-7-2-1-3-8-19/h4-6,12H,1-3,7-9H2,(H,18,20)(H,21,22)/t12-/m1/s1. The number of quaternary nitrogens is 1. The number of carbonyl (C=O) groups is 2. The van der Waals surface area contributed by atoms with Crippen LogP contribution in [-0.4, -0.2) is 31.0 Å². The molecular weight excluding hydrogens is 327 g/mol. The van der Waals surface area contributed by atoms with Gasteiger partial charge in [0, 0.05) is 0 Å².